The first-order valence-electron chi connectivity index (χ1n) is 33.3. The van der Waals surface area contributed by atoms with Crippen LogP contribution in [0.2, 0.25) is 0 Å². The molecular formula is C64H105N21O17. The van der Waals surface area contributed by atoms with Crippen LogP contribution in [0.4, 0.5) is 0 Å². The molecule has 38 nitrogen and oxygen atoms in total. The van der Waals surface area contributed by atoms with E-state index in [0.29, 0.717) is 24.0 Å². The number of aliphatic hydroxyl groups is 1. The standard InChI is InChI=1S/C64H105N21O17/c1-33(2)27-46(81-53(93)35(5)76-54(94)41(66)29-37-14-18-39(87)19-15-37)59(99)79-43(11-7-8-24-65)56(96)78-44(13-10-26-73-64(70)71)57(97)80-45(22-23-49(67)89)61(101)85-75-31-50(90)77-42(12-9-25-72-63(68)69)58(98)84-52(36(6)86)62(102)83-47(28-34(3)4)60(100)82-48(55(95)74-32-51(91)92)30-38-16-20-40(88)21-17-38/h14-21,33-36,41-48,52,75,86-88H,7-13,22-32,65-66H2,1-6H3,(H2,67,89)(H,74,95)(H,76,94)(H,77,90)(H,78,96)(H,79,99)(H,80,97)(H,81,93)(H,82,100)(H,83,102)(H,84,98)(H,85,101)(H,91,92)(H4,68,69,72)(H4,70,71,73)/t35-,36+,41-,42-,43-,44-,45-,46-,47-,48-,52-/m0/s1. The summed E-state index contributed by atoms with van der Waals surface area (Å²) < 4.78 is 0. The van der Waals surface area contributed by atoms with Gasteiger partial charge >= 0.3 is 5.97 Å². The lowest BCUT2D eigenvalue weighted by molar-refractivity contribution is -0.139. The van der Waals surface area contributed by atoms with Crippen LogP contribution in [0.25, 0.3) is 0 Å². The number of nitrogens with zero attached hydrogens (tertiary/aromatic N) is 2. The summed E-state index contributed by atoms with van der Waals surface area (Å²) in [5.41, 5.74) is 45.1. The minimum absolute atomic E-state index is 0.0180. The average Bonchev–Trinajstić information content (AvgIpc) is 0.862. The molecule has 12 amide bonds. The Morgan fingerprint density at radius 2 is 0.873 bits per heavy atom. The molecule has 2 aromatic carbocycles. The van der Waals surface area contributed by atoms with Gasteiger partial charge in [-0.15, -0.1) is 0 Å². The van der Waals surface area contributed by atoms with E-state index in [1.807, 2.05) is 0 Å². The Kier molecular flexibility index (Phi) is 39.6. The van der Waals surface area contributed by atoms with Crippen molar-refractivity contribution in [2.75, 3.05) is 32.7 Å². The van der Waals surface area contributed by atoms with E-state index in [1.54, 1.807) is 39.8 Å². The molecule has 0 fully saturated rings. The summed E-state index contributed by atoms with van der Waals surface area (Å²) in [6, 6.07) is -2.47. The SMILES string of the molecule is CC(C)C[C@H](NC(=O)[C@H](C)NC(=O)[C@@H](N)Cc1ccc(O)cc1)C(=O)N[C@@H](CCCCN)C(=O)N[C@@H](CCCN=C(N)N)C(=O)N[C@@H](CCC(N)=O)C(=O)NNCC(=O)N[C@@H](CCCN=C(N)N)C(=O)N[C@H](C(=O)N[C@@H](CC(C)C)C(=O)N[C@@H](Cc1ccc(O)cc1)C(=O)NCC(=O)O)[C@@H](C)O. The van der Waals surface area contributed by atoms with Gasteiger partial charge in [0, 0.05) is 25.9 Å². The normalized spacial score (nSPS) is 14.3. The number of aromatic hydroxyl groups is 2. The minimum atomic E-state index is -1.80. The number of phenolic OH excluding ortho intramolecular Hbond substituents is 2. The van der Waals surface area contributed by atoms with Crippen molar-refractivity contribution in [2.24, 2.45) is 62.0 Å². The van der Waals surface area contributed by atoms with Crippen LogP contribution in [-0.4, -0.2) is 208 Å². The van der Waals surface area contributed by atoms with Crippen LogP contribution in [0.1, 0.15) is 123 Å². The van der Waals surface area contributed by atoms with Gasteiger partial charge in [-0.25, -0.2) is 5.43 Å². The number of amides is 12. The molecule has 0 bridgehead atoms. The number of hydrogen-bond donors (Lipinski definition) is 23. The number of carboxylic acid groups (broad SMARTS) is 1. The Hall–Kier alpha value is -10.5. The molecule has 102 heavy (non-hydrogen) atoms. The van der Waals surface area contributed by atoms with Gasteiger partial charge in [-0.05, 0) is 138 Å². The first kappa shape index (κ1) is 87.6. The Labute approximate surface area is 590 Å². The molecule has 38 heteroatoms. The molecule has 0 aliphatic heterocycles. The van der Waals surface area contributed by atoms with Gasteiger partial charge in [0.05, 0.1) is 18.7 Å². The molecule has 2 aromatic rings. The maximum atomic E-state index is 14.4. The smallest absolute Gasteiger partial charge is 0.322 e. The van der Waals surface area contributed by atoms with Gasteiger partial charge in [0.2, 0.25) is 65.0 Å². The molecule has 0 aliphatic rings. The Morgan fingerprint density at radius 1 is 0.451 bits per heavy atom. The quantitative estimate of drug-likeness (QED) is 0.0127. The highest BCUT2D eigenvalue weighted by molar-refractivity contribution is 5.98. The summed E-state index contributed by atoms with van der Waals surface area (Å²) in [6.07, 6.45) is -2.26. The highest BCUT2D eigenvalue weighted by Crippen LogP contribution is 2.16. The second kappa shape index (κ2) is 46.1. The van der Waals surface area contributed by atoms with Gasteiger partial charge in [-0.3, -0.25) is 77.7 Å². The average molecular weight is 1440 g/mol. The lowest BCUT2D eigenvalue weighted by Crippen LogP contribution is -2.61. The topological polar surface area (TPSA) is 654 Å². The van der Waals surface area contributed by atoms with Crippen molar-refractivity contribution in [3.63, 3.8) is 0 Å². The molecule has 0 saturated heterocycles. The van der Waals surface area contributed by atoms with E-state index in [4.69, 9.17) is 40.1 Å². The number of primary amides is 1. The molecular weight excluding hydrogens is 1330 g/mol. The number of nitrogens with two attached hydrogens (primary N) is 7. The lowest BCUT2D eigenvalue weighted by atomic mass is 10.00. The third-order valence-corrected chi connectivity index (χ3v) is 15.2. The molecule has 0 unspecified atom stereocenters. The van der Waals surface area contributed by atoms with Crippen molar-refractivity contribution in [2.45, 2.75) is 192 Å². The van der Waals surface area contributed by atoms with Crippen LogP contribution in [0.3, 0.4) is 0 Å². The number of carbonyl (C=O) groups is 13. The van der Waals surface area contributed by atoms with E-state index >= 15 is 0 Å². The molecule has 0 spiro atoms. The number of nitrogens with one attached hydrogen (secondary N) is 12. The highest BCUT2D eigenvalue weighted by Gasteiger charge is 2.36. The van der Waals surface area contributed by atoms with E-state index < -0.39 is 169 Å². The van der Waals surface area contributed by atoms with Crippen molar-refractivity contribution in [3.8, 4) is 11.5 Å². The van der Waals surface area contributed by atoms with Crippen molar-refractivity contribution in [1.82, 2.24) is 64.0 Å². The van der Waals surface area contributed by atoms with Crippen molar-refractivity contribution < 1.29 is 82.8 Å². The number of hydrogen-bond acceptors (Lipinski definition) is 21. The minimum Gasteiger partial charge on any atom is -0.508 e. The molecule has 0 aromatic heterocycles. The fraction of sp³-hybridized carbons (Fsp3) is 0.578. The summed E-state index contributed by atoms with van der Waals surface area (Å²) in [4.78, 5) is 183. The molecule has 0 saturated carbocycles. The second-order valence-corrected chi connectivity index (χ2v) is 25.2. The number of phenols is 2. The molecule has 0 heterocycles. The number of guanidine groups is 2. The number of hydrazine groups is 1. The van der Waals surface area contributed by atoms with Crippen molar-refractivity contribution >= 4 is 88.8 Å². The van der Waals surface area contributed by atoms with E-state index in [9.17, 15) is 82.8 Å². The largest absolute Gasteiger partial charge is 0.508 e. The second-order valence-electron chi connectivity index (χ2n) is 25.2. The maximum absolute atomic E-state index is 14.4. The number of carbonyl (C=O) groups excluding carboxylic acids is 12. The van der Waals surface area contributed by atoms with Crippen LogP contribution in [0, 0.1) is 11.8 Å². The van der Waals surface area contributed by atoms with E-state index in [-0.39, 0.29) is 113 Å². The van der Waals surface area contributed by atoms with Crippen LogP contribution in [0.15, 0.2) is 58.5 Å². The predicted octanol–water partition coefficient (Wildman–Crippen LogP) is -6.61. The van der Waals surface area contributed by atoms with E-state index in [0.717, 1.165) is 6.92 Å². The molecule has 30 N–H and O–H groups in total. The monoisotopic (exact) mass is 1440 g/mol. The van der Waals surface area contributed by atoms with Crippen LogP contribution >= 0.6 is 0 Å². The van der Waals surface area contributed by atoms with Crippen molar-refractivity contribution in [1.29, 1.82) is 0 Å². The number of unbranched alkanes of at least 4 members (excludes halogenated alkanes) is 1. The number of carboxylic acids is 1. The van der Waals surface area contributed by atoms with Crippen LogP contribution in [0.5, 0.6) is 11.5 Å². The molecule has 568 valence electrons. The first-order valence-corrected chi connectivity index (χ1v) is 33.3. The molecule has 11 atom stereocenters. The number of aliphatic hydroxyl groups excluding tert-OH is 1. The molecule has 0 aliphatic carbocycles. The van der Waals surface area contributed by atoms with Crippen LogP contribution < -0.4 is 104 Å². The van der Waals surface area contributed by atoms with Gasteiger partial charge in [0.25, 0.3) is 5.91 Å². The third-order valence-electron chi connectivity index (χ3n) is 15.2. The third kappa shape index (κ3) is 35.5. The molecule has 0 radical (unpaired) electrons. The lowest BCUT2D eigenvalue weighted by Gasteiger charge is -2.28. The fourth-order valence-corrected chi connectivity index (χ4v) is 9.85. The predicted molar refractivity (Wildman–Crippen MR) is 373 cm³/mol. The fourth-order valence-electron chi connectivity index (χ4n) is 9.85. The van der Waals surface area contributed by atoms with Gasteiger partial charge < -0.3 is 114 Å². The highest BCUT2D eigenvalue weighted by atomic mass is 16.4. The summed E-state index contributed by atoms with van der Waals surface area (Å²) in [5.74, 6) is -13.4. The zero-order valence-electron chi connectivity index (χ0n) is 58.4. The summed E-state index contributed by atoms with van der Waals surface area (Å²) in [7, 11) is 0. The zero-order chi connectivity index (χ0) is 76.8. The number of rotatable bonds is 48. The number of benzene rings is 2. The number of aliphatic carboxylic acids is 1. The zero-order valence-corrected chi connectivity index (χ0v) is 58.4. The molecule has 2 rings (SSSR count). The first-order chi connectivity index (χ1) is 48.0. The number of aliphatic imine (C=N–C) groups is 2. The van der Waals surface area contributed by atoms with Crippen LogP contribution in [-0.2, 0) is 75.2 Å². The Morgan fingerprint density at radius 3 is 1.32 bits per heavy atom. The van der Waals surface area contributed by atoms with E-state index in [1.165, 1.54) is 43.3 Å². The van der Waals surface area contributed by atoms with Gasteiger partial charge in [0.1, 0.15) is 72.4 Å². The van der Waals surface area contributed by atoms with Gasteiger partial charge in [0.15, 0.2) is 11.9 Å². The van der Waals surface area contributed by atoms with E-state index in [2.05, 4.69) is 74.0 Å². The summed E-state index contributed by atoms with van der Waals surface area (Å²) in [6.45, 7) is 8.07. The van der Waals surface area contributed by atoms with Gasteiger partial charge in [-0.1, -0.05) is 52.0 Å². The summed E-state index contributed by atoms with van der Waals surface area (Å²) >= 11 is 0. The maximum Gasteiger partial charge on any atom is 0.322 e. The Balaban J connectivity index is 2.37. The van der Waals surface area contributed by atoms with Gasteiger partial charge in [-0.2, -0.15) is 0 Å². The Bertz CT molecular complexity index is 3170. The van der Waals surface area contributed by atoms with Crippen molar-refractivity contribution in [3.05, 3.63) is 59.7 Å². The summed E-state index contributed by atoms with van der Waals surface area (Å²) in [5, 5.41) is 64.5.